The molecule has 0 rings (SSSR count). The molecule has 0 fully saturated rings. The van der Waals surface area contributed by atoms with E-state index in [-0.39, 0.29) is 13.0 Å². The van der Waals surface area contributed by atoms with Gasteiger partial charge in [-0.15, -0.1) is 0 Å². The molecular formula is C13H25F2NO3. The molecule has 0 aliphatic heterocycles. The lowest BCUT2D eigenvalue weighted by Crippen LogP contribution is -2.45. The summed E-state index contributed by atoms with van der Waals surface area (Å²) in [6.07, 6.45) is -4.11. The predicted octanol–water partition coefficient (Wildman–Crippen LogP) is 3.24. The van der Waals surface area contributed by atoms with Crippen molar-refractivity contribution in [2.24, 2.45) is 5.92 Å². The zero-order valence-electron chi connectivity index (χ0n) is 12.3. The largest absolute Gasteiger partial charge is 0.444 e. The average Bonchev–Trinajstić information content (AvgIpc) is 2.21. The maximum Gasteiger partial charge on any atom is 0.412 e. The Bertz CT molecular complexity index is 280. The van der Waals surface area contributed by atoms with Gasteiger partial charge in [-0.05, 0) is 33.1 Å². The van der Waals surface area contributed by atoms with Crippen molar-refractivity contribution in [2.75, 3.05) is 6.54 Å². The first-order chi connectivity index (χ1) is 8.56. The third-order valence-corrected chi connectivity index (χ3v) is 2.44. The van der Waals surface area contributed by atoms with E-state index in [1.54, 1.807) is 34.6 Å². The Hall–Kier alpha value is -0.910. The molecule has 0 radical (unpaired) electrons. The minimum atomic E-state index is -2.42. The van der Waals surface area contributed by atoms with Gasteiger partial charge in [0, 0.05) is 13.0 Å². The summed E-state index contributed by atoms with van der Waals surface area (Å²) in [6.45, 7) is 8.51. The van der Waals surface area contributed by atoms with Crippen LogP contribution in [0, 0.1) is 5.92 Å². The lowest BCUT2D eigenvalue weighted by molar-refractivity contribution is -0.0389. The quantitative estimate of drug-likeness (QED) is 0.760. The number of ether oxygens (including phenoxy) is 1. The van der Waals surface area contributed by atoms with Crippen LogP contribution in [-0.2, 0) is 4.74 Å². The van der Waals surface area contributed by atoms with Crippen LogP contribution in [0.1, 0.15) is 47.5 Å². The second-order valence-corrected chi connectivity index (χ2v) is 5.75. The third-order valence-electron chi connectivity index (χ3n) is 2.44. The van der Waals surface area contributed by atoms with Gasteiger partial charge >= 0.3 is 6.09 Å². The SMILES string of the molecule is CCC(O)N(CC(C)CC(F)F)C(=O)OC(C)(C)C. The second kappa shape index (κ2) is 7.62. The van der Waals surface area contributed by atoms with Gasteiger partial charge in [0.05, 0.1) is 0 Å². The molecule has 2 atom stereocenters. The Kier molecular flexibility index (Phi) is 7.26. The van der Waals surface area contributed by atoms with Crippen molar-refractivity contribution in [1.82, 2.24) is 4.90 Å². The number of carbonyl (C=O) groups excluding carboxylic acids is 1. The van der Waals surface area contributed by atoms with Gasteiger partial charge in [0.1, 0.15) is 11.8 Å². The van der Waals surface area contributed by atoms with Gasteiger partial charge in [-0.25, -0.2) is 13.6 Å². The number of nitrogens with zero attached hydrogens (tertiary/aromatic N) is 1. The molecule has 2 unspecified atom stereocenters. The molecule has 0 aromatic carbocycles. The highest BCUT2D eigenvalue weighted by molar-refractivity contribution is 5.68. The van der Waals surface area contributed by atoms with Gasteiger partial charge in [0.2, 0.25) is 6.43 Å². The first kappa shape index (κ1) is 18.1. The summed E-state index contributed by atoms with van der Waals surface area (Å²) in [6, 6.07) is 0. The Balaban J connectivity index is 4.68. The van der Waals surface area contributed by atoms with Gasteiger partial charge in [-0.3, -0.25) is 4.90 Å². The topological polar surface area (TPSA) is 49.8 Å². The number of aliphatic hydroxyl groups excluding tert-OH is 1. The average molecular weight is 281 g/mol. The third kappa shape index (κ3) is 7.97. The molecule has 1 N–H and O–H groups in total. The van der Waals surface area contributed by atoms with E-state index in [0.29, 0.717) is 6.42 Å². The molecule has 0 saturated carbocycles. The van der Waals surface area contributed by atoms with Crippen LogP contribution in [0.25, 0.3) is 0 Å². The number of aliphatic hydroxyl groups is 1. The van der Waals surface area contributed by atoms with Crippen molar-refractivity contribution in [1.29, 1.82) is 0 Å². The molecule has 1 amide bonds. The Morgan fingerprint density at radius 1 is 1.37 bits per heavy atom. The predicted molar refractivity (Wildman–Crippen MR) is 69.0 cm³/mol. The van der Waals surface area contributed by atoms with Crippen molar-refractivity contribution in [3.05, 3.63) is 0 Å². The summed E-state index contributed by atoms with van der Waals surface area (Å²) in [5.74, 6) is -0.409. The van der Waals surface area contributed by atoms with Crippen LogP contribution in [0.5, 0.6) is 0 Å². The van der Waals surface area contributed by atoms with Gasteiger partial charge in [-0.1, -0.05) is 13.8 Å². The highest BCUT2D eigenvalue weighted by Gasteiger charge is 2.28. The van der Waals surface area contributed by atoms with E-state index in [4.69, 9.17) is 4.74 Å². The van der Waals surface area contributed by atoms with Crippen molar-refractivity contribution in [2.45, 2.75) is 65.7 Å². The van der Waals surface area contributed by atoms with Crippen LogP contribution in [0.2, 0.25) is 0 Å². The highest BCUT2D eigenvalue weighted by Crippen LogP contribution is 2.17. The van der Waals surface area contributed by atoms with Crippen LogP contribution < -0.4 is 0 Å². The summed E-state index contributed by atoms with van der Waals surface area (Å²) < 4.78 is 29.8. The van der Waals surface area contributed by atoms with Crippen LogP contribution in [0.15, 0.2) is 0 Å². The van der Waals surface area contributed by atoms with Gasteiger partial charge in [0.15, 0.2) is 0 Å². The fraction of sp³-hybridized carbons (Fsp3) is 0.923. The Labute approximate surface area is 113 Å². The number of alkyl halides is 2. The van der Waals surface area contributed by atoms with E-state index in [9.17, 15) is 18.7 Å². The smallest absolute Gasteiger partial charge is 0.412 e. The highest BCUT2D eigenvalue weighted by atomic mass is 19.3. The fourth-order valence-corrected chi connectivity index (χ4v) is 1.57. The van der Waals surface area contributed by atoms with Gasteiger partial charge in [-0.2, -0.15) is 0 Å². The number of hydrogen-bond donors (Lipinski definition) is 1. The number of carbonyl (C=O) groups is 1. The fourth-order valence-electron chi connectivity index (χ4n) is 1.57. The maximum absolute atomic E-state index is 12.3. The molecule has 0 aliphatic rings. The summed E-state index contributed by atoms with van der Waals surface area (Å²) in [4.78, 5) is 13.0. The normalized spacial score (nSPS) is 15.2. The number of rotatable bonds is 6. The number of halogens is 2. The standard InChI is InChI=1S/C13H25F2NO3/c1-6-11(17)16(8-9(2)7-10(14)15)12(18)19-13(3,4)5/h9-11,17H,6-8H2,1-5H3. The summed E-state index contributed by atoms with van der Waals surface area (Å²) in [5.41, 5.74) is -0.686. The summed E-state index contributed by atoms with van der Waals surface area (Å²) >= 11 is 0. The van der Waals surface area contributed by atoms with Crippen molar-refractivity contribution in [3.8, 4) is 0 Å². The van der Waals surface area contributed by atoms with Gasteiger partial charge < -0.3 is 9.84 Å². The lowest BCUT2D eigenvalue weighted by atomic mass is 10.1. The van der Waals surface area contributed by atoms with Crippen LogP contribution in [-0.4, -0.2) is 40.9 Å². The van der Waals surface area contributed by atoms with Crippen LogP contribution in [0.4, 0.5) is 13.6 Å². The number of hydrogen-bond acceptors (Lipinski definition) is 3. The molecule has 114 valence electrons. The minimum absolute atomic E-state index is 0.0499. The molecule has 0 aromatic heterocycles. The molecule has 0 aliphatic carbocycles. The summed E-state index contributed by atoms with van der Waals surface area (Å²) in [5, 5.41) is 9.81. The molecule has 0 saturated heterocycles. The first-order valence-electron chi connectivity index (χ1n) is 6.52. The molecule has 0 aromatic rings. The van der Waals surface area contributed by atoms with E-state index in [1.807, 2.05) is 0 Å². The lowest BCUT2D eigenvalue weighted by Gasteiger charge is -2.32. The molecular weight excluding hydrogens is 256 g/mol. The van der Waals surface area contributed by atoms with Crippen molar-refractivity contribution in [3.63, 3.8) is 0 Å². The van der Waals surface area contributed by atoms with Crippen molar-refractivity contribution >= 4 is 6.09 Å². The molecule has 19 heavy (non-hydrogen) atoms. The van der Waals surface area contributed by atoms with E-state index in [0.717, 1.165) is 4.90 Å². The molecule has 0 heterocycles. The van der Waals surface area contributed by atoms with Crippen LogP contribution >= 0.6 is 0 Å². The Morgan fingerprint density at radius 3 is 2.26 bits per heavy atom. The molecule has 6 heteroatoms. The van der Waals surface area contributed by atoms with E-state index in [1.165, 1.54) is 0 Å². The Morgan fingerprint density at radius 2 is 1.89 bits per heavy atom. The second-order valence-electron chi connectivity index (χ2n) is 5.75. The van der Waals surface area contributed by atoms with Crippen molar-refractivity contribution < 1.29 is 23.4 Å². The van der Waals surface area contributed by atoms with Crippen LogP contribution in [0.3, 0.4) is 0 Å². The molecule has 0 bridgehead atoms. The van der Waals surface area contributed by atoms with Gasteiger partial charge in [0.25, 0.3) is 0 Å². The first-order valence-corrected chi connectivity index (χ1v) is 6.52. The zero-order chi connectivity index (χ0) is 15.2. The minimum Gasteiger partial charge on any atom is -0.444 e. The monoisotopic (exact) mass is 281 g/mol. The van der Waals surface area contributed by atoms with E-state index < -0.39 is 30.3 Å². The number of amides is 1. The van der Waals surface area contributed by atoms with E-state index >= 15 is 0 Å². The molecule has 0 spiro atoms. The molecule has 4 nitrogen and oxygen atoms in total. The summed E-state index contributed by atoms with van der Waals surface area (Å²) in [7, 11) is 0. The zero-order valence-corrected chi connectivity index (χ0v) is 12.3. The maximum atomic E-state index is 12.3. The van der Waals surface area contributed by atoms with E-state index in [2.05, 4.69) is 0 Å².